The van der Waals surface area contributed by atoms with Gasteiger partial charge in [-0.3, -0.25) is 4.90 Å². The molecule has 144 valence electrons. The summed E-state index contributed by atoms with van der Waals surface area (Å²) in [6, 6.07) is 8.46. The third-order valence-corrected chi connectivity index (χ3v) is 8.06. The average molecular weight is 377 g/mol. The van der Waals surface area contributed by atoms with Gasteiger partial charge in [0.1, 0.15) is 16.7 Å². The van der Waals surface area contributed by atoms with E-state index in [4.69, 9.17) is 0 Å². The van der Waals surface area contributed by atoms with Crippen LogP contribution >= 0.6 is 0 Å². The molecule has 0 radical (unpaired) electrons. The number of hydrogen-bond acceptors (Lipinski definition) is 3. The van der Waals surface area contributed by atoms with E-state index < -0.39 is 10.4 Å². The zero-order valence-corrected chi connectivity index (χ0v) is 16.8. The lowest BCUT2D eigenvalue weighted by atomic mass is 9.80. The Morgan fingerprint density at radius 1 is 1.15 bits per heavy atom. The first-order chi connectivity index (χ1) is 12.5. The Kier molecular flexibility index (Phi) is 5.26. The van der Waals surface area contributed by atoms with Crippen LogP contribution in [0.25, 0.3) is 0 Å². The molecule has 1 aliphatic carbocycles. The SMILES string of the molecule is C[S+](=O)([O-])N1Cc2ccccc2CC2(CCCCN2CC2CCCC2)C1. The molecule has 1 spiro atoms. The number of benzene rings is 1. The zero-order chi connectivity index (χ0) is 18.2. The number of likely N-dealkylation sites (tertiary alicyclic amines) is 1. The van der Waals surface area contributed by atoms with Crippen LogP contribution in [-0.2, 0) is 27.6 Å². The van der Waals surface area contributed by atoms with Crippen LogP contribution in [0.3, 0.4) is 0 Å². The van der Waals surface area contributed by atoms with Gasteiger partial charge in [0.15, 0.2) is 0 Å². The maximum atomic E-state index is 12.5. The van der Waals surface area contributed by atoms with Crippen LogP contribution in [0, 0.1) is 5.92 Å². The summed E-state index contributed by atoms with van der Waals surface area (Å²) in [6.07, 6.45) is 11.3. The van der Waals surface area contributed by atoms with E-state index in [1.807, 2.05) is 6.07 Å². The first-order valence-electron chi connectivity index (χ1n) is 10.2. The number of nitrogens with zero attached hydrogens (tertiary/aromatic N) is 2. The van der Waals surface area contributed by atoms with Gasteiger partial charge in [-0.05, 0) is 55.7 Å². The summed E-state index contributed by atoms with van der Waals surface area (Å²) in [5.74, 6) is 0.801. The summed E-state index contributed by atoms with van der Waals surface area (Å²) < 4.78 is 26.8. The van der Waals surface area contributed by atoms with Gasteiger partial charge in [-0.15, -0.1) is 4.31 Å². The Morgan fingerprint density at radius 2 is 1.88 bits per heavy atom. The molecule has 2 heterocycles. The molecule has 1 saturated heterocycles. The Balaban J connectivity index is 1.69. The largest absolute Gasteiger partial charge is 0.598 e. The van der Waals surface area contributed by atoms with Crippen molar-refractivity contribution in [1.29, 1.82) is 0 Å². The predicted octanol–water partition coefficient (Wildman–Crippen LogP) is 3.63. The fraction of sp³-hybridized carbons (Fsp3) is 0.714. The van der Waals surface area contributed by atoms with Gasteiger partial charge in [-0.1, -0.05) is 47.7 Å². The summed E-state index contributed by atoms with van der Waals surface area (Å²) in [7, 11) is -3.21. The minimum Gasteiger partial charge on any atom is -0.598 e. The van der Waals surface area contributed by atoms with Gasteiger partial charge in [0.25, 0.3) is 0 Å². The highest BCUT2D eigenvalue weighted by Gasteiger charge is 2.46. The average Bonchev–Trinajstić information content (AvgIpc) is 3.04. The molecule has 2 aliphatic heterocycles. The van der Waals surface area contributed by atoms with Crippen molar-refractivity contribution in [3.63, 3.8) is 0 Å². The second-order valence-corrected chi connectivity index (χ2v) is 10.7. The van der Waals surface area contributed by atoms with Crippen LogP contribution in [0.1, 0.15) is 56.1 Å². The summed E-state index contributed by atoms with van der Waals surface area (Å²) in [5.41, 5.74) is 2.49. The second-order valence-electron chi connectivity index (χ2n) is 8.75. The molecule has 2 atom stereocenters. The topological polar surface area (TPSA) is 46.6 Å². The highest BCUT2D eigenvalue weighted by atomic mass is 32.3. The van der Waals surface area contributed by atoms with Crippen molar-refractivity contribution in [3.05, 3.63) is 35.4 Å². The molecule has 3 aliphatic rings. The van der Waals surface area contributed by atoms with Crippen LogP contribution in [0.15, 0.2) is 24.3 Å². The first-order valence-corrected chi connectivity index (χ1v) is 12.1. The fourth-order valence-corrected chi connectivity index (χ4v) is 6.27. The van der Waals surface area contributed by atoms with Gasteiger partial charge >= 0.3 is 0 Å². The van der Waals surface area contributed by atoms with E-state index in [1.54, 1.807) is 4.31 Å². The maximum Gasteiger partial charge on any atom is 0.122 e. The van der Waals surface area contributed by atoms with E-state index in [0.29, 0.717) is 13.1 Å². The molecule has 1 aromatic carbocycles. The maximum absolute atomic E-state index is 12.5. The van der Waals surface area contributed by atoms with Crippen molar-refractivity contribution in [1.82, 2.24) is 9.21 Å². The predicted molar refractivity (Wildman–Crippen MR) is 105 cm³/mol. The lowest BCUT2D eigenvalue weighted by Gasteiger charge is -2.49. The van der Waals surface area contributed by atoms with Gasteiger partial charge in [-0.25, -0.2) is 0 Å². The zero-order valence-electron chi connectivity index (χ0n) is 16.0. The second kappa shape index (κ2) is 7.34. The van der Waals surface area contributed by atoms with Crippen molar-refractivity contribution in [2.75, 3.05) is 25.9 Å². The Bertz CT molecular complexity index is 682. The number of sulfonamides is 1. The molecule has 4 nitrogen and oxygen atoms in total. The molecular formula is C21H32N2O2S. The minimum atomic E-state index is -3.21. The first kappa shape index (κ1) is 18.6. The molecule has 0 bridgehead atoms. The minimum absolute atomic E-state index is 0.0312. The molecule has 4 rings (SSSR count). The fourth-order valence-electron chi connectivity index (χ4n) is 5.42. The van der Waals surface area contributed by atoms with E-state index in [2.05, 4.69) is 23.1 Å². The Morgan fingerprint density at radius 3 is 2.62 bits per heavy atom. The van der Waals surface area contributed by atoms with E-state index in [1.165, 1.54) is 55.9 Å². The lowest BCUT2D eigenvalue weighted by molar-refractivity contribution is 0.0198. The highest BCUT2D eigenvalue weighted by Crippen LogP contribution is 2.39. The molecule has 0 amide bonds. The highest BCUT2D eigenvalue weighted by molar-refractivity contribution is 7.94. The molecular weight excluding hydrogens is 344 g/mol. The Hall–Kier alpha value is -0.750. The molecule has 26 heavy (non-hydrogen) atoms. The molecule has 1 aromatic rings. The molecule has 1 saturated carbocycles. The van der Waals surface area contributed by atoms with E-state index in [9.17, 15) is 8.76 Å². The van der Waals surface area contributed by atoms with Crippen LogP contribution < -0.4 is 0 Å². The van der Waals surface area contributed by atoms with E-state index in [-0.39, 0.29) is 5.54 Å². The van der Waals surface area contributed by atoms with Gasteiger partial charge in [0.2, 0.25) is 0 Å². The third-order valence-electron chi connectivity index (χ3n) is 6.87. The summed E-state index contributed by atoms with van der Waals surface area (Å²) in [4.78, 5) is 2.69. The molecule has 0 N–H and O–H groups in total. The summed E-state index contributed by atoms with van der Waals surface area (Å²) in [6.45, 7) is 3.44. The molecule has 0 aromatic heterocycles. The molecule has 5 heteroatoms. The summed E-state index contributed by atoms with van der Waals surface area (Å²) >= 11 is 0. The number of hydrogen-bond donors (Lipinski definition) is 0. The number of fused-ring (bicyclic) bond motifs is 1. The molecule has 2 unspecified atom stereocenters. The number of piperidine rings is 1. The van der Waals surface area contributed by atoms with Crippen molar-refractivity contribution >= 4 is 10.4 Å². The Labute approximate surface area is 159 Å². The molecule has 2 fully saturated rings. The number of rotatable bonds is 3. The standard InChI is InChI=1S/C21H32N2O2S/c1-26(24,25)23-16-20-11-5-4-10-19(20)14-21(17-23)12-6-7-13-22(21)15-18-8-2-3-9-18/h4-5,10-11,18H,2-3,6-9,12-17H2,1H3. The van der Waals surface area contributed by atoms with Gasteiger partial charge < -0.3 is 4.55 Å². The lowest BCUT2D eigenvalue weighted by Crippen LogP contribution is -2.60. The van der Waals surface area contributed by atoms with Crippen molar-refractivity contribution in [2.45, 2.75) is 63.5 Å². The monoisotopic (exact) mass is 376 g/mol. The van der Waals surface area contributed by atoms with Crippen LogP contribution in [0.5, 0.6) is 0 Å². The van der Waals surface area contributed by atoms with Crippen molar-refractivity contribution in [3.8, 4) is 0 Å². The van der Waals surface area contributed by atoms with Crippen LogP contribution in [0.4, 0.5) is 0 Å². The summed E-state index contributed by atoms with van der Waals surface area (Å²) in [5, 5.41) is 0. The van der Waals surface area contributed by atoms with Gasteiger partial charge in [0.05, 0.1) is 13.1 Å². The van der Waals surface area contributed by atoms with E-state index >= 15 is 0 Å². The quantitative estimate of drug-likeness (QED) is 0.757. The van der Waals surface area contributed by atoms with Crippen molar-refractivity contribution in [2.24, 2.45) is 5.92 Å². The van der Waals surface area contributed by atoms with E-state index in [0.717, 1.165) is 31.8 Å². The van der Waals surface area contributed by atoms with Crippen LogP contribution in [-0.4, -0.2) is 45.2 Å². The van der Waals surface area contributed by atoms with Gasteiger partial charge in [0, 0.05) is 12.1 Å². The van der Waals surface area contributed by atoms with Gasteiger partial charge in [-0.2, -0.15) is 0 Å². The third kappa shape index (κ3) is 3.77. The smallest absolute Gasteiger partial charge is 0.122 e. The van der Waals surface area contributed by atoms with Crippen LogP contribution in [0.2, 0.25) is 0 Å². The normalized spacial score (nSPS) is 30.8. The van der Waals surface area contributed by atoms with Crippen molar-refractivity contribution < 1.29 is 8.76 Å².